The van der Waals surface area contributed by atoms with E-state index in [1.165, 1.54) is 0 Å². The summed E-state index contributed by atoms with van der Waals surface area (Å²) in [6.07, 6.45) is 2.99. The van der Waals surface area contributed by atoms with Crippen molar-refractivity contribution in [2.75, 3.05) is 0 Å². The van der Waals surface area contributed by atoms with E-state index in [0.29, 0.717) is 6.42 Å². The monoisotopic (exact) mass is 506 g/mol. The average Bonchev–Trinajstić information content (AvgIpc) is 3.22. The summed E-state index contributed by atoms with van der Waals surface area (Å²) in [5.41, 5.74) is 0.410. The number of aryl methyl sites for hydroxylation is 1. The number of fused-ring (bicyclic) bond motifs is 1. The van der Waals surface area contributed by atoms with Crippen LogP contribution in [0, 0.1) is 24.2 Å². The molecule has 2 saturated heterocycles. The number of amides is 1. The highest BCUT2D eigenvalue weighted by atomic mass is 32.1. The Bertz CT molecular complexity index is 957. The largest absolute Gasteiger partial charge is 0.392 e. The van der Waals surface area contributed by atoms with Crippen molar-refractivity contribution >= 4 is 29.1 Å². The fourth-order valence-electron chi connectivity index (χ4n) is 5.19. The Morgan fingerprint density at radius 1 is 1.26 bits per heavy atom. The van der Waals surface area contributed by atoms with Crippen molar-refractivity contribution < 1.29 is 24.5 Å². The number of rotatable bonds is 2. The Morgan fingerprint density at radius 2 is 1.94 bits per heavy atom. The SMILES string of the molecule is C/C(=C\c1csc(C)n1)[C@@H]1C[C@@H]2O[C@]2(C)CCCC(C)[C@H](O)C(C)C(=O)C(C)(C)C(O)CC(=O)N1. The lowest BCUT2D eigenvalue weighted by molar-refractivity contribution is -0.143. The number of hydrogen-bond donors (Lipinski definition) is 3. The van der Waals surface area contributed by atoms with Gasteiger partial charge in [-0.15, -0.1) is 11.3 Å². The number of carbonyl (C=O) groups excluding carboxylic acids is 2. The molecule has 2 aliphatic heterocycles. The van der Waals surface area contributed by atoms with Crippen LogP contribution in [-0.2, 0) is 14.3 Å². The molecule has 2 fully saturated rings. The number of aliphatic hydroxyl groups is 2. The summed E-state index contributed by atoms with van der Waals surface area (Å²) in [4.78, 5) is 30.8. The van der Waals surface area contributed by atoms with Crippen LogP contribution in [0.15, 0.2) is 11.0 Å². The minimum atomic E-state index is -1.17. The first kappa shape index (κ1) is 28.0. The molecule has 0 spiro atoms. The minimum Gasteiger partial charge on any atom is -0.392 e. The first-order valence-corrected chi connectivity index (χ1v) is 13.6. The van der Waals surface area contributed by atoms with Gasteiger partial charge in [-0.25, -0.2) is 4.98 Å². The van der Waals surface area contributed by atoms with Crippen molar-refractivity contribution in [1.29, 1.82) is 0 Å². The van der Waals surface area contributed by atoms with Gasteiger partial charge in [-0.1, -0.05) is 34.1 Å². The third-order valence-electron chi connectivity index (χ3n) is 8.07. The lowest BCUT2D eigenvalue weighted by Gasteiger charge is -2.34. The van der Waals surface area contributed by atoms with Gasteiger partial charge in [0.25, 0.3) is 0 Å². The van der Waals surface area contributed by atoms with Crippen molar-refractivity contribution in [3.8, 4) is 0 Å². The molecule has 7 atom stereocenters. The van der Waals surface area contributed by atoms with Gasteiger partial charge >= 0.3 is 0 Å². The maximum Gasteiger partial charge on any atom is 0.223 e. The maximum atomic E-state index is 13.2. The summed E-state index contributed by atoms with van der Waals surface area (Å²) in [6.45, 7) is 13.0. The molecule has 196 valence electrons. The van der Waals surface area contributed by atoms with Crippen LogP contribution < -0.4 is 5.32 Å². The lowest BCUT2D eigenvalue weighted by Crippen LogP contribution is -2.47. The van der Waals surface area contributed by atoms with Gasteiger partial charge in [0.15, 0.2) is 0 Å². The number of nitrogens with one attached hydrogen (secondary N) is 1. The molecule has 0 bridgehead atoms. The van der Waals surface area contributed by atoms with E-state index in [2.05, 4.69) is 17.2 Å². The number of carbonyl (C=O) groups is 2. The van der Waals surface area contributed by atoms with Crippen LogP contribution in [0.5, 0.6) is 0 Å². The molecule has 2 aliphatic rings. The van der Waals surface area contributed by atoms with Gasteiger partial charge in [0.05, 0.1) is 52.5 Å². The number of nitrogens with zero attached hydrogens (tertiary/aromatic N) is 1. The topological polar surface area (TPSA) is 112 Å². The van der Waals surface area contributed by atoms with Gasteiger partial charge in [-0.3, -0.25) is 9.59 Å². The third-order valence-corrected chi connectivity index (χ3v) is 8.86. The van der Waals surface area contributed by atoms with E-state index in [0.717, 1.165) is 35.5 Å². The highest BCUT2D eigenvalue weighted by molar-refractivity contribution is 7.09. The normalized spacial score (nSPS) is 37.5. The summed E-state index contributed by atoms with van der Waals surface area (Å²) < 4.78 is 6.10. The Morgan fingerprint density at radius 3 is 2.57 bits per heavy atom. The summed E-state index contributed by atoms with van der Waals surface area (Å²) in [5, 5.41) is 27.8. The van der Waals surface area contributed by atoms with E-state index in [9.17, 15) is 19.8 Å². The Labute approximate surface area is 213 Å². The van der Waals surface area contributed by atoms with Crippen LogP contribution in [-0.4, -0.2) is 56.8 Å². The average molecular weight is 507 g/mol. The molecule has 3 N–H and O–H groups in total. The van der Waals surface area contributed by atoms with Crippen LogP contribution >= 0.6 is 11.3 Å². The molecule has 7 nitrogen and oxygen atoms in total. The second kappa shape index (κ2) is 10.8. The number of ether oxygens (including phenoxy) is 1. The molecule has 8 heteroatoms. The van der Waals surface area contributed by atoms with Crippen molar-refractivity contribution in [3.05, 3.63) is 21.7 Å². The van der Waals surface area contributed by atoms with Crippen LogP contribution in [0.1, 0.15) is 84.3 Å². The second-order valence-electron chi connectivity index (χ2n) is 11.4. The molecule has 3 unspecified atom stereocenters. The first-order chi connectivity index (χ1) is 16.2. The van der Waals surface area contributed by atoms with E-state index in [4.69, 9.17) is 4.74 Å². The Kier molecular flexibility index (Phi) is 8.62. The van der Waals surface area contributed by atoms with E-state index < -0.39 is 23.5 Å². The number of hydrogen-bond acceptors (Lipinski definition) is 7. The number of ketones is 1. The molecule has 3 heterocycles. The molecule has 0 radical (unpaired) electrons. The standard InChI is InChI=1S/C27H42N2O5S/c1-15-9-8-10-27(7)22(34-27)12-20(16(2)11-19-14-35-18(4)28-19)29-23(31)13-21(30)26(5,6)25(33)17(3)24(15)32/h11,14-15,17,20-22,24,30,32H,8-10,12-13H2,1-7H3,(H,29,31)/b16-11+/t15?,17?,20-,21?,22-,24-,27+/m0/s1. The van der Waals surface area contributed by atoms with Crippen LogP contribution in [0.4, 0.5) is 0 Å². The fraction of sp³-hybridized carbons (Fsp3) is 0.741. The number of Topliss-reactive ketones (excluding diaryl/α,β-unsaturated/α-hetero) is 1. The highest BCUT2D eigenvalue weighted by Gasteiger charge is 2.52. The third kappa shape index (κ3) is 6.59. The number of epoxide rings is 1. The van der Waals surface area contributed by atoms with Crippen molar-refractivity contribution in [1.82, 2.24) is 10.3 Å². The van der Waals surface area contributed by atoms with E-state index in [1.807, 2.05) is 32.2 Å². The maximum absolute atomic E-state index is 13.2. The molecule has 35 heavy (non-hydrogen) atoms. The summed E-state index contributed by atoms with van der Waals surface area (Å²) in [7, 11) is 0. The van der Waals surface area contributed by atoms with Crippen molar-refractivity contribution in [3.63, 3.8) is 0 Å². The molecule has 0 aliphatic carbocycles. The van der Waals surface area contributed by atoms with Gasteiger partial charge in [-0.2, -0.15) is 0 Å². The van der Waals surface area contributed by atoms with E-state index >= 15 is 0 Å². The molecular weight excluding hydrogens is 464 g/mol. The predicted molar refractivity (Wildman–Crippen MR) is 138 cm³/mol. The predicted octanol–water partition coefficient (Wildman–Crippen LogP) is 4.05. The second-order valence-corrected chi connectivity index (χ2v) is 12.5. The van der Waals surface area contributed by atoms with Gasteiger partial charge < -0.3 is 20.3 Å². The molecular formula is C27H42N2O5S. The van der Waals surface area contributed by atoms with Crippen LogP contribution in [0.25, 0.3) is 6.08 Å². The van der Waals surface area contributed by atoms with Gasteiger partial charge in [-0.05, 0) is 51.2 Å². The quantitative estimate of drug-likeness (QED) is 0.522. The molecule has 1 amide bonds. The molecule has 3 rings (SSSR count). The fourth-order valence-corrected chi connectivity index (χ4v) is 5.76. The van der Waals surface area contributed by atoms with Crippen molar-refractivity contribution in [2.45, 2.75) is 111 Å². The van der Waals surface area contributed by atoms with E-state index in [-0.39, 0.29) is 41.8 Å². The van der Waals surface area contributed by atoms with Gasteiger partial charge in [0.2, 0.25) is 5.91 Å². The highest BCUT2D eigenvalue weighted by Crippen LogP contribution is 2.44. The Balaban J connectivity index is 1.85. The zero-order chi connectivity index (χ0) is 26.1. The van der Waals surface area contributed by atoms with Gasteiger partial charge in [0, 0.05) is 17.7 Å². The lowest BCUT2D eigenvalue weighted by atomic mass is 9.72. The Hall–Kier alpha value is -1.61. The number of aromatic nitrogens is 1. The van der Waals surface area contributed by atoms with Crippen LogP contribution in [0.3, 0.4) is 0 Å². The molecule has 1 aromatic heterocycles. The first-order valence-electron chi connectivity index (χ1n) is 12.7. The van der Waals surface area contributed by atoms with Crippen molar-refractivity contribution in [2.24, 2.45) is 17.3 Å². The molecule has 0 aromatic carbocycles. The number of aliphatic hydroxyl groups excluding tert-OH is 2. The summed E-state index contributed by atoms with van der Waals surface area (Å²) >= 11 is 1.58. The number of thiazole rings is 1. The molecule has 1 aromatic rings. The van der Waals surface area contributed by atoms with E-state index in [1.54, 1.807) is 32.1 Å². The molecule has 0 saturated carbocycles. The summed E-state index contributed by atoms with van der Waals surface area (Å²) in [6, 6.07) is -0.269. The smallest absolute Gasteiger partial charge is 0.223 e. The van der Waals surface area contributed by atoms with Gasteiger partial charge in [0.1, 0.15) is 5.78 Å². The zero-order valence-electron chi connectivity index (χ0n) is 22.1. The summed E-state index contributed by atoms with van der Waals surface area (Å²) in [5.74, 6) is -1.24. The minimum absolute atomic E-state index is 0.0170. The van der Waals surface area contributed by atoms with Crippen LogP contribution in [0.2, 0.25) is 0 Å². The zero-order valence-corrected chi connectivity index (χ0v) is 22.9.